The molecule has 1 aliphatic heterocycles. The Labute approximate surface area is 168 Å². The van der Waals surface area contributed by atoms with Crippen LogP contribution in [0.1, 0.15) is 24.1 Å². The van der Waals surface area contributed by atoms with Crippen molar-refractivity contribution < 1.29 is 22.8 Å². The van der Waals surface area contributed by atoms with Gasteiger partial charge in [-0.2, -0.15) is 4.31 Å². The van der Waals surface area contributed by atoms with E-state index in [1.165, 1.54) is 30.6 Å². The number of sulfonamides is 1. The lowest BCUT2D eigenvalue weighted by molar-refractivity contribution is -0.122. The Balaban J connectivity index is 0.000000706. The maximum Gasteiger partial charge on any atom is 0.290 e. The van der Waals surface area contributed by atoms with Gasteiger partial charge in [-0.1, -0.05) is 11.6 Å². The number of hydrogen-bond acceptors (Lipinski definition) is 7. The van der Waals surface area contributed by atoms with Crippen LogP contribution in [0, 0.1) is 12.8 Å². The first-order chi connectivity index (χ1) is 13.5. The Hall–Kier alpha value is -1.75. The average Bonchev–Trinajstić information content (AvgIpc) is 3.29. The van der Waals surface area contributed by atoms with Gasteiger partial charge in [0, 0.05) is 43.7 Å². The molecule has 3 heterocycles. The fourth-order valence-electron chi connectivity index (χ4n) is 3.52. The second-order valence-electron chi connectivity index (χ2n) is 7.01. The number of aromatic nitrogens is 1. The molecule has 1 saturated heterocycles. The minimum Gasteiger partial charge on any atom is -0.483 e. The highest BCUT2D eigenvalue weighted by molar-refractivity contribution is 7.89. The number of hydrogen-bond donors (Lipinski definition) is 1. The third kappa shape index (κ3) is 4.62. The predicted octanol–water partition coefficient (Wildman–Crippen LogP) is 2.52. The molecular formula is C18H25N3O5S2. The molecule has 2 aliphatic rings. The van der Waals surface area contributed by atoms with Gasteiger partial charge in [0.1, 0.15) is 0 Å². The number of rotatable bonds is 5. The standard InChI is InChI=1S/C17H23N3O3S2.CH2O2/c1-13-17(11-16(24-13)15-5-6-18-23-15)25(21,22)20-9-7-19(8-10-20)12-14-3-2-4-14;2-1-3/h5-6,11,14H,2-4,7-10,12H2,1H3;1H,(H,2,3). The van der Waals surface area contributed by atoms with Gasteiger partial charge in [-0.3, -0.25) is 4.79 Å². The number of nitrogens with zero attached hydrogens (tertiary/aromatic N) is 3. The molecule has 2 fully saturated rings. The molecule has 0 unspecified atom stereocenters. The first-order valence-corrected chi connectivity index (χ1v) is 11.5. The third-order valence-corrected chi connectivity index (χ3v) is 8.46. The Kier molecular flexibility index (Phi) is 6.86. The normalized spacial score (nSPS) is 18.9. The van der Waals surface area contributed by atoms with E-state index >= 15 is 0 Å². The lowest BCUT2D eigenvalue weighted by Crippen LogP contribution is -2.50. The van der Waals surface area contributed by atoms with Crippen LogP contribution in [0.5, 0.6) is 0 Å². The summed E-state index contributed by atoms with van der Waals surface area (Å²) in [4.78, 5) is 12.8. The van der Waals surface area contributed by atoms with Gasteiger partial charge < -0.3 is 14.5 Å². The molecule has 0 spiro atoms. The minimum absolute atomic E-state index is 0.250. The van der Waals surface area contributed by atoms with Crippen LogP contribution in [0.4, 0.5) is 0 Å². The summed E-state index contributed by atoms with van der Waals surface area (Å²) in [5.74, 6) is 1.44. The van der Waals surface area contributed by atoms with Crippen LogP contribution in [0.2, 0.25) is 0 Å². The molecule has 0 atom stereocenters. The minimum atomic E-state index is -3.45. The first kappa shape index (κ1) is 21.0. The van der Waals surface area contributed by atoms with E-state index < -0.39 is 10.0 Å². The van der Waals surface area contributed by atoms with Crippen LogP contribution in [0.3, 0.4) is 0 Å². The topological polar surface area (TPSA) is 104 Å². The van der Waals surface area contributed by atoms with Crippen LogP contribution in [0.25, 0.3) is 10.6 Å². The summed E-state index contributed by atoms with van der Waals surface area (Å²) in [5, 5.41) is 10.6. The van der Waals surface area contributed by atoms with Crippen molar-refractivity contribution in [1.82, 2.24) is 14.4 Å². The second-order valence-corrected chi connectivity index (χ2v) is 10.2. The van der Waals surface area contributed by atoms with E-state index in [1.54, 1.807) is 22.6 Å². The number of piperazine rings is 1. The van der Waals surface area contributed by atoms with Gasteiger partial charge in [0.2, 0.25) is 10.0 Å². The van der Waals surface area contributed by atoms with Gasteiger partial charge >= 0.3 is 0 Å². The van der Waals surface area contributed by atoms with Crippen molar-refractivity contribution in [2.24, 2.45) is 5.92 Å². The van der Waals surface area contributed by atoms with E-state index in [0.29, 0.717) is 23.7 Å². The molecule has 1 saturated carbocycles. The first-order valence-electron chi connectivity index (χ1n) is 9.27. The van der Waals surface area contributed by atoms with Crippen LogP contribution in [-0.4, -0.2) is 67.1 Å². The van der Waals surface area contributed by atoms with Gasteiger partial charge in [-0.05, 0) is 31.7 Å². The Morgan fingerprint density at radius 1 is 1.32 bits per heavy atom. The van der Waals surface area contributed by atoms with Gasteiger partial charge in [0.25, 0.3) is 6.47 Å². The molecule has 10 heteroatoms. The Morgan fingerprint density at radius 2 is 2.00 bits per heavy atom. The molecule has 0 bridgehead atoms. The largest absolute Gasteiger partial charge is 0.483 e. The van der Waals surface area contributed by atoms with Gasteiger partial charge in [-0.15, -0.1) is 11.3 Å². The van der Waals surface area contributed by atoms with Crippen LogP contribution >= 0.6 is 11.3 Å². The maximum atomic E-state index is 13.1. The lowest BCUT2D eigenvalue weighted by Gasteiger charge is -2.37. The van der Waals surface area contributed by atoms with Crippen LogP contribution in [0.15, 0.2) is 27.7 Å². The fourth-order valence-corrected chi connectivity index (χ4v) is 6.46. The summed E-state index contributed by atoms with van der Waals surface area (Å²) in [6.45, 7) is 5.52. The van der Waals surface area contributed by atoms with E-state index in [2.05, 4.69) is 10.1 Å². The zero-order valence-electron chi connectivity index (χ0n) is 15.8. The van der Waals surface area contributed by atoms with Crippen molar-refractivity contribution in [3.05, 3.63) is 23.2 Å². The zero-order chi connectivity index (χ0) is 20.1. The van der Waals surface area contributed by atoms with Crippen molar-refractivity contribution in [3.63, 3.8) is 0 Å². The molecule has 154 valence electrons. The van der Waals surface area contributed by atoms with Crippen LogP contribution in [-0.2, 0) is 14.8 Å². The number of thiophene rings is 1. The molecule has 0 amide bonds. The van der Waals surface area contributed by atoms with Crippen molar-refractivity contribution in [1.29, 1.82) is 0 Å². The number of aryl methyl sites for hydroxylation is 1. The summed E-state index contributed by atoms with van der Waals surface area (Å²) < 4.78 is 32.9. The van der Waals surface area contributed by atoms with Crippen molar-refractivity contribution in [3.8, 4) is 10.6 Å². The van der Waals surface area contributed by atoms with E-state index in [-0.39, 0.29) is 6.47 Å². The fraction of sp³-hybridized carbons (Fsp3) is 0.556. The molecular weight excluding hydrogens is 402 g/mol. The van der Waals surface area contributed by atoms with Crippen LogP contribution < -0.4 is 0 Å². The molecule has 1 aliphatic carbocycles. The lowest BCUT2D eigenvalue weighted by atomic mass is 9.85. The van der Waals surface area contributed by atoms with E-state index in [4.69, 9.17) is 14.4 Å². The van der Waals surface area contributed by atoms with E-state index in [9.17, 15) is 8.42 Å². The van der Waals surface area contributed by atoms with Crippen molar-refractivity contribution in [2.45, 2.75) is 31.1 Å². The van der Waals surface area contributed by atoms with Gasteiger partial charge in [0.05, 0.1) is 16.0 Å². The number of carbonyl (C=O) groups is 1. The second kappa shape index (κ2) is 9.17. The summed E-state index contributed by atoms with van der Waals surface area (Å²) in [6, 6.07) is 3.47. The molecule has 1 N–H and O–H groups in total. The molecule has 8 nitrogen and oxygen atoms in total. The SMILES string of the molecule is Cc1sc(-c2ccno2)cc1S(=O)(=O)N1CCN(CC2CCC2)CC1.O=CO. The monoisotopic (exact) mass is 427 g/mol. The van der Waals surface area contributed by atoms with Gasteiger partial charge in [0.15, 0.2) is 5.76 Å². The third-order valence-electron chi connectivity index (χ3n) is 5.24. The van der Waals surface area contributed by atoms with Crippen molar-refractivity contribution in [2.75, 3.05) is 32.7 Å². The Bertz CT molecular complexity index is 867. The smallest absolute Gasteiger partial charge is 0.290 e. The van der Waals surface area contributed by atoms with E-state index in [1.807, 2.05) is 6.92 Å². The van der Waals surface area contributed by atoms with Gasteiger partial charge in [-0.25, -0.2) is 8.42 Å². The molecule has 0 radical (unpaired) electrons. The average molecular weight is 428 g/mol. The maximum absolute atomic E-state index is 13.1. The highest BCUT2D eigenvalue weighted by Crippen LogP contribution is 2.35. The molecule has 4 rings (SSSR count). The summed E-state index contributed by atoms with van der Waals surface area (Å²) >= 11 is 1.43. The molecule has 28 heavy (non-hydrogen) atoms. The molecule has 0 aromatic carbocycles. The zero-order valence-corrected chi connectivity index (χ0v) is 17.4. The molecule has 2 aromatic heterocycles. The Morgan fingerprint density at radius 3 is 2.54 bits per heavy atom. The highest BCUT2D eigenvalue weighted by atomic mass is 32.2. The molecule has 2 aromatic rings. The summed E-state index contributed by atoms with van der Waals surface area (Å²) in [7, 11) is -3.45. The quantitative estimate of drug-likeness (QED) is 0.731. The predicted molar refractivity (Wildman–Crippen MR) is 106 cm³/mol. The highest BCUT2D eigenvalue weighted by Gasteiger charge is 2.32. The summed E-state index contributed by atoms with van der Waals surface area (Å²) in [6.07, 6.45) is 5.58. The van der Waals surface area contributed by atoms with E-state index in [0.717, 1.165) is 35.3 Å². The van der Waals surface area contributed by atoms with Crippen molar-refractivity contribution >= 4 is 27.8 Å². The number of carboxylic acid groups (broad SMARTS) is 1. The summed E-state index contributed by atoms with van der Waals surface area (Å²) in [5.41, 5.74) is 0.